The second-order valence-corrected chi connectivity index (χ2v) is 3.49. The number of rotatable bonds is 5. The van der Waals surface area contributed by atoms with Crippen LogP contribution in [-0.4, -0.2) is 21.8 Å². The number of carbonyl (C=O) groups excluding carboxylic acids is 1. The molecule has 0 aromatic heterocycles. The average Bonchev–Trinajstić information content (AvgIpc) is 2.35. The third-order valence-corrected chi connectivity index (χ3v) is 2.27. The Morgan fingerprint density at radius 2 is 1.89 bits per heavy atom. The summed E-state index contributed by atoms with van der Waals surface area (Å²) in [5.41, 5.74) is 0.0111. The summed E-state index contributed by atoms with van der Waals surface area (Å²) >= 11 is 0. The van der Waals surface area contributed by atoms with E-state index in [2.05, 4.69) is 0 Å². The fraction of sp³-hybridized carbons (Fsp3) is 0.167. The van der Waals surface area contributed by atoms with E-state index in [1.165, 1.54) is 30.3 Å². The molecule has 6 heteroatoms. The van der Waals surface area contributed by atoms with Gasteiger partial charge in [-0.2, -0.15) is 0 Å². The zero-order chi connectivity index (χ0) is 13.7. The zero-order valence-corrected chi connectivity index (χ0v) is 9.62. The molecule has 0 unspecified atom stereocenters. The fourth-order valence-corrected chi connectivity index (χ4v) is 1.31. The first-order chi connectivity index (χ1) is 8.45. The third kappa shape index (κ3) is 3.24. The van der Waals surface area contributed by atoms with E-state index < -0.39 is 16.7 Å². The maximum atomic E-state index is 11.4. The summed E-state index contributed by atoms with van der Waals surface area (Å²) in [6.07, 6.45) is 1.29. The molecule has 0 bridgehead atoms. The molecule has 6 nitrogen and oxygen atoms in total. The molecule has 94 valence electrons. The minimum atomic E-state index is -1.31. The number of hydrogen-bond acceptors (Lipinski definition) is 4. The minimum Gasteiger partial charge on any atom is -0.478 e. The molecular weight excluding hydrogens is 238 g/mol. The van der Waals surface area contributed by atoms with E-state index in [0.717, 1.165) is 0 Å². The van der Waals surface area contributed by atoms with Gasteiger partial charge in [0, 0.05) is 18.6 Å². The number of aliphatic carboxylic acids is 1. The van der Waals surface area contributed by atoms with Crippen LogP contribution in [0.4, 0.5) is 5.69 Å². The summed E-state index contributed by atoms with van der Waals surface area (Å²) in [7, 11) is 0. The van der Waals surface area contributed by atoms with Crippen molar-refractivity contribution in [2.24, 2.45) is 0 Å². The largest absolute Gasteiger partial charge is 0.478 e. The fourth-order valence-electron chi connectivity index (χ4n) is 1.31. The maximum Gasteiger partial charge on any atom is 0.339 e. The number of nitro groups is 1. The van der Waals surface area contributed by atoms with Crippen molar-refractivity contribution in [3.8, 4) is 0 Å². The molecule has 1 N–H and O–H groups in total. The van der Waals surface area contributed by atoms with Crippen LogP contribution in [0.1, 0.15) is 18.9 Å². The monoisotopic (exact) mass is 249 g/mol. The average molecular weight is 249 g/mol. The molecule has 0 amide bonds. The third-order valence-electron chi connectivity index (χ3n) is 2.27. The number of nitrogens with zero attached hydrogens (tertiary/aromatic N) is 1. The first kappa shape index (κ1) is 13.6. The Bertz CT molecular complexity index is 516. The van der Waals surface area contributed by atoms with Gasteiger partial charge in [-0.25, -0.2) is 4.79 Å². The Labute approximate surface area is 103 Å². The van der Waals surface area contributed by atoms with Crippen LogP contribution in [0.25, 0.3) is 6.08 Å². The van der Waals surface area contributed by atoms with Crippen molar-refractivity contribution >= 4 is 23.5 Å². The van der Waals surface area contributed by atoms with Gasteiger partial charge in [0.05, 0.1) is 4.92 Å². The minimum absolute atomic E-state index is 0.0884. The predicted molar refractivity (Wildman–Crippen MR) is 64.0 cm³/mol. The van der Waals surface area contributed by atoms with Crippen molar-refractivity contribution in [1.29, 1.82) is 0 Å². The number of benzene rings is 1. The zero-order valence-electron chi connectivity index (χ0n) is 9.62. The van der Waals surface area contributed by atoms with E-state index in [-0.39, 0.29) is 17.7 Å². The van der Waals surface area contributed by atoms with Crippen molar-refractivity contribution in [3.05, 3.63) is 45.5 Å². The van der Waals surface area contributed by atoms with Crippen LogP contribution in [0.5, 0.6) is 0 Å². The van der Waals surface area contributed by atoms with Gasteiger partial charge in [0.2, 0.25) is 0 Å². The molecule has 1 aromatic rings. The number of carbonyl (C=O) groups is 2. The number of non-ortho nitro benzene ring substituents is 1. The molecule has 0 heterocycles. The molecule has 1 rings (SSSR count). The SMILES string of the molecule is CCC(=O)/C(=C\c1ccc([N+](=O)[O-])cc1)C(=O)O. The van der Waals surface area contributed by atoms with Gasteiger partial charge in [0.25, 0.3) is 5.69 Å². The summed E-state index contributed by atoms with van der Waals surface area (Å²) in [5.74, 6) is -1.79. The number of nitro benzene ring substituents is 1. The molecule has 18 heavy (non-hydrogen) atoms. The van der Waals surface area contributed by atoms with Gasteiger partial charge in [0.1, 0.15) is 5.57 Å². The summed E-state index contributed by atoms with van der Waals surface area (Å²) in [4.78, 5) is 32.1. The topological polar surface area (TPSA) is 97.5 Å². The summed E-state index contributed by atoms with van der Waals surface area (Å²) in [5, 5.41) is 19.3. The summed E-state index contributed by atoms with van der Waals surface area (Å²) in [6.45, 7) is 1.56. The normalized spacial score (nSPS) is 11.1. The number of ketones is 1. The van der Waals surface area contributed by atoms with E-state index in [4.69, 9.17) is 5.11 Å². The Morgan fingerprint density at radius 1 is 1.33 bits per heavy atom. The lowest BCUT2D eigenvalue weighted by atomic mass is 10.1. The first-order valence-electron chi connectivity index (χ1n) is 5.18. The summed E-state index contributed by atoms with van der Waals surface area (Å²) < 4.78 is 0. The molecule has 0 aliphatic rings. The van der Waals surface area contributed by atoms with Crippen LogP contribution in [-0.2, 0) is 9.59 Å². The van der Waals surface area contributed by atoms with Gasteiger partial charge >= 0.3 is 5.97 Å². The highest BCUT2D eigenvalue weighted by atomic mass is 16.6. The van der Waals surface area contributed by atoms with Gasteiger partial charge in [-0.3, -0.25) is 14.9 Å². The lowest BCUT2D eigenvalue weighted by molar-refractivity contribution is -0.384. The Kier molecular flexibility index (Phi) is 4.31. The van der Waals surface area contributed by atoms with Crippen molar-refractivity contribution in [2.45, 2.75) is 13.3 Å². The number of carboxylic acid groups (broad SMARTS) is 1. The highest BCUT2D eigenvalue weighted by Gasteiger charge is 2.15. The smallest absolute Gasteiger partial charge is 0.339 e. The molecule has 0 aliphatic carbocycles. The van der Waals surface area contributed by atoms with Crippen molar-refractivity contribution in [3.63, 3.8) is 0 Å². The van der Waals surface area contributed by atoms with E-state index >= 15 is 0 Å². The lowest BCUT2D eigenvalue weighted by Gasteiger charge is -1.99. The Morgan fingerprint density at radius 3 is 2.28 bits per heavy atom. The van der Waals surface area contributed by atoms with Crippen LogP contribution < -0.4 is 0 Å². The van der Waals surface area contributed by atoms with E-state index in [0.29, 0.717) is 5.56 Å². The van der Waals surface area contributed by atoms with Gasteiger partial charge in [0.15, 0.2) is 5.78 Å². The van der Waals surface area contributed by atoms with Gasteiger partial charge in [-0.05, 0) is 23.8 Å². The molecule has 0 saturated heterocycles. The Hall–Kier alpha value is -2.50. The van der Waals surface area contributed by atoms with E-state index in [9.17, 15) is 19.7 Å². The van der Waals surface area contributed by atoms with E-state index in [1.807, 2.05) is 0 Å². The second kappa shape index (κ2) is 5.72. The first-order valence-corrected chi connectivity index (χ1v) is 5.18. The molecular formula is C12H11NO5. The van der Waals surface area contributed by atoms with Crippen molar-refractivity contribution in [2.75, 3.05) is 0 Å². The lowest BCUT2D eigenvalue weighted by Crippen LogP contribution is -2.10. The van der Waals surface area contributed by atoms with Gasteiger partial charge in [-0.1, -0.05) is 6.92 Å². The summed E-state index contributed by atoms with van der Waals surface area (Å²) in [6, 6.07) is 5.29. The molecule has 1 aromatic carbocycles. The van der Waals surface area contributed by atoms with Gasteiger partial charge < -0.3 is 5.11 Å². The number of carboxylic acids is 1. The predicted octanol–water partition coefficient (Wildman–Crippen LogP) is 2.04. The Balaban J connectivity index is 3.09. The van der Waals surface area contributed by atoms with Crippen LogP contribution in [0.2, 0.25) is 0 Å². The highest BCUT2D eigenvalue weighted by Crippen LogP contribution is 2.15. The number of hydrogen-bond donors (Lipinski definition) is 1. The standard InChI is InChI=1S/C12H11NO5/c1-2-11(14)10(12(15)16)7-8-3-5-9(6-4-8)13(17)18/h3-7H,2H2,1H3,(H,15,16)/b10-7+. The molecule has 0 aliphatic heterocycles. The molecule has 0 spiro atoms. The molecule has 0 radical (unpaired) electrons. The molecule has 0 saturated carbocycles. The van der Waals surface area contributed by atoms with Crippen LogP contribution in [0.15, 0.2) is 29.8 Å². The number of Topliss-reactive ketones (excluding diaryl/α,β-unsaturated/α-hetero) is 1. The van der Waals surface area contributed by atoms with Crippen molar-refractivity contribution in [1.82, 2.24) is 0 Å². The quantitative estimate of drug-likeness (QED) is 0.283. The molecule has 0 atom stereocenters. The van der Waals surface area contributed by atoms with Crippen molar-refractivity contribution < 1.29 is 19.6 Å². The molecule has 0 fully saturated rings. The maximum absolute atomic E-state index is 11.4. The highest BCUT2D eigenvalue weighted by molar-refractivity contribution is 6.19. The second-order valence-electron chi connectivity index (χ2n) is 3.49. The van der Waals surface area contributed by atoms with Crippen LogP contribution in [0, 0.1) is 10.1 Å². The van der Waals surface area contributed by atoms with Crippen LogP contribution >= 0.6 is 0 Å². The van der Waals surface area contributed by atoms with Gasteiger partial charge in [-0.15, -0.1) is 0 Å². The van der Waals surface area contributed by atoms with E-state index in [1.54, 1.807) is 6.92 Å². The van der Waals surface area contributed by atoms with Crippen LogP contribution in [0.3, 0.4) is 0 Å².